The lowest BCUT2D eigenvalue weighted by Crippen LogP contribution is -2.10. The first-order valence-corrected chi connectivity index (χ1v) is 18.5. The Bertz CT molecular complexity index is 2490. The normalized spacial score (nSPS) is 11.4. The zero-order chi connectivity index (χ0) is 36.4. The topological polar surface area (TPSA) is 12.9 Å². The monoisotopic (exact) mass is 681 g/mol. The molecular formula is C52H43N. The highest BCUT2D eigenvalue weighted by atomic mass is 14.7. The van der Waals surface area contributed by atoms with E-state index in [1.54, 1.807) is 0 Å². The van der Waals surface area contributed by atoms with Gasteiger partial charge in [-0.2, -0.15) is 0 Å². The quantitative estimate of drug-likeness (QED) is 0.163. The second-order valence-corrected chi connectivity index (χ2v) is 14.8. The van der Waals surface area contributed by atoms with Crippen LogP contribution in [0.15, 0.2) is 188 Å². The van der Waals surface area contributed by atoms with Gasteiger partial charge in [0.1, 0.15) is 0 Å². The first-order valence-electron chi connectivity index (χ1n) is 18.5. The Morgan fingerprint density at radius 1 is 0.340 bits per heavy atom. The zero-order valence-electron chi connectivity index (χ0n) is 30.8. The summed E-state index contributed by atoms with van der Waals surface area (Å²) in [5, 5.41) is 0. The molecule has 0 fully saturated rings. The standard InChI is InChI=1S/C52H43N/c1-36-32-33-53-45(34-36)42-26-17-27-43(35-42)51-49(40-24-15-8-16-25-40)47(38-20-11-6-12-21-38)46(37-18-9-5-10-19-37)48(39-22-13-7-14-23-39)50(51)41-28-30-44(31-29-41)52(2,3)4/h5-35H,1-4H3. The van der Waals surface area contributed by atoms with E-state index in [0.29, 0.717) is 0 Å². The van der Waals surface area contributed by atoms with E-state index in [1.807, 2.05) is 6.20 Å². The molecule has 8 rings (SSSR count). The van der Waals surface area contributed by atoms with Crippen molar-refractivity contribution in [2.45, 2.75) is 33.1 Å². The zero-order valence-corrected chi connectivity index (χ0v) is 30.8. The van der Waals surface area contributed by atoms with Crippen molar-refractivity contribution in [3.05, 3.63) is 199 Å². The minimum atomic E-state index is 0.0281. The van der Waals surface area contributed by atoms with Crippen molar-refractivity contribution < 1.29 is 0 Å². The summed E-state index contributed by atoms with van der Waals surface area (Å²) in [4.78, 5) is 4.82. The maximum atomic E-state index is 4.82. The van der Waals surface area contributed by atoms with Crippen molar-refractivity contribution >= 4 is 0 Å². The summed E-state index contributed by atoms with van der Waals surface area (Å²) in [7, 11) is 0. The summed E-state index contributed by atoms with van der Waals surface area (Å²) in [6, 6.07) is 66.3. The van der Waals surface area contributed by atoms with Crippen LogP contribution in [0.4, 0.5) is 0 Å². The SMILES string of the molecule is Cc1ccnc(-c2cccc(-c3c(-c4ccccc4)c(-c4ccccc4)c(-c4ccccc4)c(-c4ccccc4)c3-c3ccc(C(C)(C)C)cc3)c2)c1. The number of hydrogen-bond donors (Lipinski definition) is 0. The van der Waals surface area contributed by atoms with Crippen molar-refractivity contribution in [1.82, 2.24) is 4.98 Å². The molecule has 7 aromatic carbocycles. The fourth-order valence-electron chi connectivity index (χ4n) is 7.57. The fraction of sp³-hybridized carbons (Fsp3) is 0.0962. The molecule has 0 aliphatic rings. The van der Waals surface area contributed by atoms with Crippen LogP contribution in [0.5, 0.6) is 0 Å². The molecule has 0 aliphatic heterocycles. The van der Waals surface area contributed by atoms with Gasteiger partial charge in [0, 0.05) is 11.8 Å². The molecule has 0 spiro atoms. The number of hydrogen-bond acceptors (Lipinski definition) is 1. The molecule has 0 amide bonds. The van der Waals surface area contributed by atoms with Crippen molar-refractivity contribution in [2.75, 3.05) is 0 Å². The van der Waals surface area contributed by atoms with Gasteiger partial charge in [-0.15, -0.1) is 0 Å². The van der Waals surface area contributed by atoms with E-state index in [0.717, 1.165) is 16.8 Å². The van der Waals surface area contributed by atoms with Gasteiger partial charge in [-0.1, -0.05) is 185 Å². The largest absolute Gasteiger partial charge is 0.256 e. The maximum Gasteiger partial charge on any atom is 0.0704 e. The van der Waals surface area contributed by atoms with Gasteiger partial charge in [-0.25, -0.2) is 0 Å². The van der Waals surface area contributed by atoms with Crippen LogP contribution in [0, 0.1) is 6.92 Å². The first-order chi connectivity index (χ1) is 25.9. The molecular weight excluding hydrogens is 639 g/mol. The highest BCUT2D eigenvalue weighted by Gasteiger charge is 2.29. The highest BCUT2D eigenvalue weighted by Crippen LogP contribution is 2.56. The number of pyridine rings is 1. The van der Waals surface area contributed by atoms with Gasteiger partial charge in [-0.05, 0) is 108 Å². The average Bonchev–Trinajstić information content (AvgIpc) is 3.21. The Morgan fingerprint density at radius 2 is 0.698 bits per heavy atom. The smallest absolute Gasteiger partial charge is 0.0704 e. The van der Waals surface area contributed by atoms with Crippen LogP contribution in [0.25, 0.3) is 78.0 Å². The van der Waals surface area contributed by atoms with Gasteiger partial charge >= 0.3 is 0 Å². The lowest BCUT2D eigenvalue weighted by atomic mass is 9.74. The van der Waals surface area contributed by atoms with Crippen LogP contribution in [0.1, 0.15) is 31.9 Å². The Hall–Kier alpha value is -6.31. The van der Waals surface area contributed by atoms with Gasteiger partial charge in [0.2, 0.25) is 0 Å². The molecule has 53 heavy (non-hydrogen) atoms. The molecule has 0 saturated carbocycles. The molecule has 1 heterocycles. The highest BCUT2D eigenvalue weighted by molar-refractivity contribution is 6.15. The van der Waals surface area contributed by atoms with Crippen LogP contribution in [-0.4, -0.2) is 4.98 Å². The molecule has 1 aromatic heterocycles. The summed E-state index contributed by atoms with van der Waals surface area (Å²) in [6.07, 6.45) is 1.91. The third-order valence-corrected chi connectivity index (χ3v) is 10.2. The van der Waals surface area contributed by atoms with E-state index in [2.05, 4.69) is 210 Å². The Balaban J connectivity index is 1.63. The fourth-order valence-corrected chi connectivity index (χ4v) is 7.57. The number of aryl methyl sites for hydroxylation is 1. The van der Waals surface area contributed by atoms with Crippen molar-refractivity contribution in [3.8, 4) is 78.0 Å². The average molecular weight is 682 g/mol. The molecule has 0 aliphatic carbocycles. The van der Waals surface area contributed by atoms with E-state index in [4.69, 9.17) is 4.98 Å². The first kappa shape index (κ1) is 33.8. The molecule has 0 atom stereocenters. The lowest BCUT2D eigenvalue weighted by molar-refractivity contribution is 0.590. The lowest BCUT2D eigenvalue weighted by Gasteiger charge is -2.29. The minimum Gasteiger partial charge on any atom is -0.256 e. The molecule has 0 radical (unpaired) electrons. The van der Waals surface area contributed by atoms with Crippen LogP contribution >= 0.6 is 0 Å². The van der Waals surface area contributed by atoms with Crippen molar-refractivity contribution in [1.29, 1.82) is 0 Å². The molecule has 0 unspecified atom stereocenters. The summed E-state index contributed by atoms with van der Waals surface area (Å²) in [6.45, 7) is 8.97. The van der Waals surface area contributed by atoms with Gasteiger partial charge in [0.15, 0.2) is 0 Å². The van der Waals surface area contributed by atoms with Crippen molar-refractivity contribution in [2.24, 2.45) is 0 Å². The number of aromatic nitrogens is 1. The molecule has 0 bridgehead atoms. The third kappa shape index (κ3) is 6.75. The van der Waals surface area contributed by atoms with Crippen LogP contribution in [-0.2, 0) is 5.41 Å². The predicted octanol–water partition coefficient (Wildman–Crippen LogP) is 14.4. The summed E-state index contributed by atoms with van der Waals surface area (Å²) < 4.78 is 0. The van der Waals surface area contributed by atoms with Crippen LogP contribution < -0.4 is 0 Å². The molecule has 1 nitrogen and oxygen atoms in total. The van der Waals surface area contributed by atoms with E-state index >= 15 is 0 Å². The third-order valence-electron chi connectivity index (χ3n) is 10.2. The van der Waals surface area contributed by atoms with Crippen molar-refractivity contribution in [3.63, 3.8) is 0 Å². The Labute approximate surface area is 314 Å². The number of benzene rings is 7. The van der Waals surface area contributed by atoms with E-state index in [1.165, 1.54) is 72.3 Å². The van der Waals surface area contributed by atoms with Gasteiger partial charge in [-0.3, -0.25) is 4.98 Å². The summed E-state index contributed by atoms with van der Waals surface area (Å²) >= 11 is 0. The second kappa shape index (κ2) is 14.4. The second-order valence-electron chi connectivity index (χ2n) is 14.8. The summed E-state index contributed by atoms with van der Waals surface area (Å²) in [5.74, 6) is 0. The molecule has 256 valence electrons. The minimum absolute atomic E-state index is 0.0281. The van der Waals surface area contributed by atoms with Crippen LogP contribution in [0.2, 0.25) is 0 Å². The maximum absolute atomic E-state index is 4.82. The molecule has 0 N–H and O–H groups in total. The van der Waals surface area contributed by atoms with Gasteiger partial charge in [0.05, 0.1) is 5.69 Å². The Kier molecular flexibility index (Phi) is 9.17. The summed E-state index contributed by atoms with van der Waals surface area (Å²) in [5.41, 5.74) is 18.9. The van der Waals surface area contributed by atoms with Gasteiger partial charge < -0.3 is 0 Å². The van der Waals surface area contributed by atoms with Gasteiger partial charge in [0.25, 0.3) is 0 Å². The number of nitrogens with zero attached hydrogens (tertiary/aromatic N) is 1. The molecule has 8 aromatic rings. The van der Waals surface area contributed by atoms with Crippen LogP contribution in [0.3, 0.4) is 0 Å². The Morgan fingerprint density at radius 3 is 1.09 bits per heavy atom. The molecule has 0 saturated heterocycles. The van der Waals surface area contributed by atoms with E-state index in [-0.39, 0.29) is 5.41 Å². The number of rotatable bonds is 7. The van der Waals surface area contributed by atoms with E-state index in [9.17, 15) is 0 Å². The predicted molar refractivity (Wildman–Crippen MR) is 226 cm³/mol. The van der Waals surface area contributed by atoms with E-state index < -0.39 is 0 Å². The molecule has 1 heteroatoms.